The number of carbonyl (C=O) groups excluding carboxylic acids is 1. The van der Waals surface area contributed by atoms with E-state index >= 15 is 0 Å². The molecule has 0 fully saturated rings. The van der Waals surface area contributed by atoms with Crippen LogP contribution in [0, 0.1) is 0 Å². The minimum atomic E-state index is -0.0462. The van der Waals surface area contributed by atoms with Gasteiger partial charge in [0.2, 0.25) is 5.91 Å². The van der Waals surface area contributed by atoms with Crippen LogP contribution < -0.4 is 5.32 Å². The zero-order valence-electron chi connectivity index (χ0n) is 12.2. The molecule has 3 rings (SSSR count). The van der Waals surface area contributed by atoms with Crippen molar-refractivity contribution < 1.29 is 4.79 Å². The lowest BCUT2D eigenvalue weighted by atomic mass is 10.1. The van der Waals surface area contributed by atoms with E-state index in [0.29, 0.717) is 11.6 Å². The number of halogens is 1. The third-order valence-corrected chi connectivity index (χ3v) is 4.30. The van der Waals surface area contributed by atoms with E-state index in [1.807, 2.05) is 42.5 Å². The first-order valence-corrected chi connectivity index (χ1v) is 8.25. The molecule has 0 unspecified atom stereocenters. The van der Waals surface area contributed by atoms with Crippen LogP contribution in [0.25, 0.3) is 11.3 Å². The summed E-state index contributed by atoms with van der Waals surface area (Å²) >= 11 is 7.14. The molecule has 116 valence electrons. The number of nitrogens with zero attached hydrogens (tertiary/aromatic N) is 2. The second-order valence-electron chi connectivity index (χ2n) is 4.99. The summed E-state index contributed by atoms with van der Waals surface area (Å²) in [7, 11) is 0. The van der Waals surface area contributed by atoms with Gasteiger partial charge in [0, 0.05) is 17.1 Å². The van der Waals surface area contributed by atoms with Crippen molar-refractivity contribution in [3.05, 3.63) is 70.1 Å². The highest BCUT2D eigenvalue weighted by Gasteiger charge is 2.14. The second kappa shape index (κ2) is 7.35. The highest BCUT2D eigenvalue weighted by Crippen LogP contribution is 2.25. The van der Waals surface area contributed by atoms with Gasteiger partial charge in [0.1, 0.15) is 5.69 Å². The molecule has 0 aliphatic carbocycles. The molecule has 2 aromatic carbocycles. The number of carbonyl (C=O) groups is 1. The topological polar surface area (TPSA) is 54.9 Å². The minimum absolute atomic E-state index is 0.0462. The molecule has 1 aromatic heterocycles. The lowest BCUT2D eigenvalue weighted by molar-refractivity contribution is -0.120. The van der Waals surface area contributed by atoms with E-state index in [1.54, 1.807) is 12.1 Å². The van der Waals surface area contributed by atoms with E-state index in [-0.39, 0.29) is 12.3 Å². The van der Waals surface area contributed by atoms with Crippen LogP contribution in [0.1, 0.15) is 10.4 Å². The predicted molar refractivity (Wildman–Crippen MR) is 92.3 cm³/mol. The Balaban J connectivity index is 1.65. The number of hydrogen-bond acceptors (Lipinski definition) is 4. The highest BCUT2D eigenvalue weighted by molar-refractivity contribution is 7.06. The maximum absolute atomic E-state index is 12.1. The molecule has 0 aliphatic heterocycles. The molecule has 6 heteroatoms. The average Bonchev–Trinajstić information content (AvgIpc) is 3.03. The van der Waals surface area contributed by atoms with Gasteiger partial charge in [0.05, 0.1) is 11.3 Å². The Kier molecular flexibility index (Phi) is 5.00. The molecule has 0 radical (unpaired) electrons. The minimum Gasteiger partial charge on any atom is -0.352 e. The third-order valence-electron chi connectivity index (χ3n) is 3.33. The van der Waals surface area contributed by atoms with Crippen LogP contribution in [-0.4, -0.2) is 15.5 Å². The van der Waals surface area contributed by atoms with Crippen LogP contribution in [0.15, 0.2) is 54.6 Å². The van der Waals surface area contributed by atoms with Crippen molar-refractivity contribution in [1.82, 2.24) is 14.9 Å². The van der Waals surface area contributed by atoms with Crippen molar-refractivity contribution >= 4 is 29.0 Å². The predicted octanol–water partition coefficient (Wildman–Crippen LogP) is 3.72. The van der Waals surface area contributed by atoms with Crippen LogP contribution in [0.4, 0.5) is 0 Å². The fraction of sp³-hybridized carbons (Fsp3) is 0.118. The van der Waals surface area contributed by atoms with E-state index in [4.69, 9.17) is 11.6 Å². The summed E-state index contributed by atoms with van der Waals surface area (Å²) in [5.41, 5.74) is 2.72. The van der Waals surface area contributed by atoms with E-state index in [9.17, 15) is 4.79 Å². The summed E-state index contributed by atoms with van der Waals surface area (Å²) < 4.78 is 3.97. The monoisotopic (exact) mass is 343 g/mol. The molecule has 4 nitrogen and oxygen atoms in total. The number of rotatable bonds is 5. The van der Waals surface area contributed by atoms with Gasteiger partial charge in [-0.15, -0.1) is 5.10 Å². The standard InChI is InChI=1S/C17H14ClN3OS/c18-14-8-6-13(7-9-14)17-15(23-21-20-17)10-16(22)19-11-12-4-2-1-3-5-12/h1-9H,10-11H2,(H,19,22). The normalized spacial score (nSPS) is 10.5. The van der Waals surface area contributed by atoms with Crippen LogP contribution in [0.5, 0.6) is 0 Å². The molecular formula is C17H14ClN3OS. The Morgan fingerprint density at radius 3 is 2.57 bits per heavy atom. The SMILES string of the molecule is O=C(Cc1snnc1-c1ccc(Cl)cc1)NCc1ccccc1. The number of benzene rings is 2. The first-order valence-electron chi connectivity index (χ1n) is 7.10. The molecule has 0 bridgehead atoms. The van der Waals surface area contributed by atoms with Gasteiger partial charge < -0.3 is 5.32 Å². The lowest BCUT2D eigenvalue weighted by Gasteiger charge is -2.05. The zero-order chi connectivity index (χ0) is 16.1. The molecule has 0 atom stereocenters. The van der Waals surface area contributed by atoms with Gasteiger partial charge in [-0.05, 0) is 29.2 Å². The zero-order valence-corrected chi connectivity index (χ0v) is 13.8. The third kappa shape index (κ3) is 4.15. The molecule has 0 saturated heterocycles. The summed E-state index contributed by atoms with van der Waals surface area (Å²) in [5.74, 6) is -0.0462. The number of nitrogens with one attached hydrogen (secondary N) is 1. The maximum Gasteiger partial charge on any atom is 0.225 e. The lowest BCUT2D eigenvalue weighted by Crippen LogP contribution is -2.24. The smallest absolute Gasteiger partial charge is 0.225 e. The number of aromatic nitrogens is 2. The van der Waals surface area contributed by atoms with Crippen LogP contribution in [0.3, 0.4) is 0 Å². The van der Waals surface area contributed by atoms with Crippen LogP contribution in [-0.2, 0) is 17.8 Å². The summed E-state index contributed by atoms with van der Waals surface area (Å²) in [6, 6.07) is 17.2. The van der Waals surface area contributed by atoms with Gasteiger partial charge in [0.15, 0.2) is 0 Å². The molecule has 23 heavy (non-hydrogen) atoms. The highest BCUT2D eigenvalue weighted by atomic mass is 35.5. The quantitative estimate of drug-likeness (QED) is 0.768. The molecule has 0 aliphatic rings. The molecule has 0 spiro atoms. The summed E-state index contributed by atoms with van der Waals surface area (Å²) in [6.07, 6.45) is 0.266. The summed E-state index contributed by atoms with van der Waals surface area (Å²) in [6.45, 7) is 0.516. The Morgan fingerprint density at radius 2 is 1.83 bits per heavy atom. The maximum atomic E-state index is 12.1. The van der Waals surface area contributed by atoms with Crippen LogP contribution >= 0.6 is 23.1 Å². The van der Waals surface area contributed by atoms with Crippen LogP contribution in [0.2, 0.25) is 5.02 Å². The van der Waals surface area contributed by atoms with Gasteiger partial charge in [-0.1, -0.05) is 58.6 Å². The number of amides is 1. The van der Waals surface area contributed by atoms with Crippen molar-refractivity contribution in [2.24, 2.45) is 0 Å². The molecule has 1 amide bonds. The molecule has 3 aromatic rings. The Bertz CT molecular complexity index is 787. The Labute approximate surface area is 143 Å². The van der Waals surface area contributed by atoms with Crippen molar-refractivity contribution in [3.63, 3.8) is 0 Å². The van der Waals surface area contributed by atoms with Gasteiger partial charge in [0.25, 0.3) is 0 Å². The van der Waals surface area contributed by atoms with Crippen molar-refractivity contribution in [3.8, 4) is 11.3 Å². The Morgan fingerprint density at radius 1 is 1.09 bits per heavy atom. The van der Waals surface area contributed by atoms with Gasteiger partial charge in [-0.25, -0.2) is 0 Å². The fourth-order valence-electron chi connectivity index (χ4n) is 2.16. The van der Waals surface area contributed by atoms with Crippen molar-refractivity contribution in [2.75, 3.05) is 0 Å². The molecule has 0 saturated carbocycles. The van der Waals surface area contributed by atoms with Gasteiger partial charge in [-0.3, -0.25) is 4.79 Å². The van der Waals surface area contributed by atoms with Crippen molar-refractivity contribution in [2.45, 2.75) is 13.0 Å². The largest absolute Gasteiger partial charge is 0.352 e. The average molecular weight is 344 g/mol. The van der Waals surface area contributed by atoms with E-state index in [0.717, 1.165) is 21.7 Å². The van der Waals surface area contributed by atoms with Gasteiger partial charge in [-0.2, -0.15) is 0 Å². The van der Waals surface area contributed by atoms with Gasteiger partial charge >= 0.3 is 0 Å². The summed E-state index contributed by atoms with van der Waals surface area (Å²) in [5, 5.41) is 7.71. The molecule has 1 heterocycles. The summed E-state index contributed by atoms with van der Waals surface area (Å²) in [4.78, 5) is 13.0. The van der Waals surface area contributed by atoms with E-state index in [2.05, 4.69) is 14.9 Å². The second-order valence-corrected chi connectivity index (χ2v) is 6.27. The van der Waals surface area contributed by atoms with Crippen molar-refractivity contribution in [1.29, 1.82) is 0 Å². The fourth-order valence-corrected chi connectivity index (χ4v) is 2.94. The molecule has 1 N–H and O–H groups in total. The molecular weight excluding hydrogens is 330 g/mol. The first kappa shape index (κ1) is 15.6. The number of hydrogen-bond donors (Lipinski definition) is 1. The van der Waals surface area contributed by atoms with E-state index < -0.39 is 0 Å². The first-order chi connectivity index (χ1) is 11.2. The Hall–Kier alpha value is -2.24. The van der Waals surface area contributed by atoms with E-state index in [1.165, 1.54) is 11.5 Å².